The van der Waals surface area contributed by atoms with Gasteiger partial charge in [-0.05, 0) is 25.3 Å². The maximum atomic E-state index is 12.0. The molecule has 0 spiro atoms. The van der Waals surface area contributed by atoms with Crippen LogP contribution >= 0.6 is 0 Å². The van der Waals surface area contributed by atoms with Crippen LogP contribution in [-0.4, -0.2) is 41.3 Å². The lowest BCUT2D eigenvalue weighted by Gasteiger charge is -2.30. The lowest BCUT2D eigenvalue weighted by atomic mass is 9.84. The molecule has 4 heteroatoms. The Morgan fingerprint density at radius 2 is 2.10 bits per heavy atom. The van der Waals surface area contributed by atoms with Crippen molar-refractivity contribution in [1.82, 2.24) is 4.90 Å². The number of esters is 1. The summed E-state index contributed by atoms with van der Waals surface area (Å²) in [4.78, 5) is 14.2. The molecule has 4 nitrogen and oxygen atoms in total. The number of β-amino-alcohol motifs (C(OH)–C–C–N with tert-alkyl or cyclic N) is 1. The second-order valence-electron chi connectivity index (χ2n) is 5.76. The number of hydrogen-bond acceptors (Lipinski definition) is 4. The highest BCUT2D eigenvalue weighted by Gasteiger charge is 2.46. The van der Waals surface area contributed by atoms with Crippen LogP contribution < -0.4 is 0 Å². The molecular formula is C17H25NO3. The van der Waals surface area contributed by atoms with Gasteiger partial charge in [0, 0.05) is 19.6 Å². The number of aliphatic hydroxyl groups is 1. The van der Waals surface area contributed by atoms with Gasteiger partial charge in [-0.1, -0.05) is 37.3 Å². The Hall–Kier alpha value is -1.39. The van der Waals surface area contributed by atoms with E-state index < -0.39 is 11.5 Å². The number of rotatable bonds is 6. The van der Waals surface area contributed by atoms with Crippen LogP contribution in [0.15, 0.2) is 30.3 Å². The van der Waals surface area contributed by atoms with Gasteiger partial charge in [0.05, 0.1) is 18.1 Å². The van der Waals surface area contributed by atoms with E-state index in [1.165, 1.54) is 5.56 Å². The fourth-order valence-corrected chi connectivity index (χ4v) is 3.17. The molecular weight excluding hydrogens is 266 g/mol. The molecule has 1 aliphatic rings. The summed E-state index contributed by atoms with van der Waals surface area (Å²) in [6.07, 6.45) is 1.23. The van der Waals surface area contributed by atoms with Crippen LogP contribution in [0.3, 0.4) is 0 Å². The summed E-state index contributed by atoms with van der Waals surface area (Å²) in [6, 6.07) is 10.2. The van der Waals surface area contributed by atoms with Crippen LogP contribution in [0.5, 0.6) is 0 Å². The van der Waals surface area contributed by atoms with Crippen molar-refractivity contribution in [1.29, 1.82) is 0 Å². The quantitative estimate of drug-likeness (QED) is 0.817. The highest BCUT2D eigenvalue weighted by molar-refractivity contribution is 5.74. The fraction of sp³-hybridized carbons (Fsp3) is 0.588. The van der Waals surface area contributed by atoms with E-state index in [9.17, 15) is 9.90 Å². The molecule has 1 aromatic carbocycles. The molecule has 0 radical (unpaired) electrons. The Balaban J connectivity index is 2.00. The highest BCUT2D eigenvalue weighted by Crippen LogP contribution is 2.32. The lowest BCUT2D eigenvalue weighted by molar-refractivity contribution is -0.158. The smallest absolute Gasteiger partial charge is 0.311 e. The first-order valence-corrected chi connectivity index (χ1v) is 7.74. The van der Waals surface area contributed by atoms with Crippen molar-refractivity contribution in [2.45, 2.75) is 38.8 Å². The molecule has 2 rings (SSSR count). The fourth-order valence-electron chi connectivity index (χ4n) is 3.17. The third-order valence-electron chi connectivity index (χ3n) is 4.24. The Morgan fingerprint density at radius 3 is 2.71 bits per heavy atom. The van der Waals surface area contributed by atoms with Gasteiger partial charge in [-0.25, -0.2) is 0 Å². The maximum absolute atomic E-state index is 12.0. The van der Waals surface area contributed by atoms with Crippen molar-refractivity contribution in [2.75, 3.05) is 19.7 Å². The summed E-state index contributed by atoms with van der Waals surface area (Å²) < 4.78 is 5.11. The van der Waals surface area contributed by atoms with Crippen molar-refractivity contribution >= 4 is 5.97 Å². The van der Waals surface area contributed by atoms with Gasteiger partial charge in [-0.15, -0.1) is 0 Å². The van der Waals surface area contributed by atoms with Gasteiger partial charge in [0.25, 0.3) is 0 Å². The topological polar surface area (TPSA) is 49.8 Å². The van der Waals surface area contributed by atoms with Gasteiger partial charge in [-0.2, -0.15) is 0 Å². The van der Waals surface area contributed by atoms with Crippen molar-refractivity contribution in [3.63, 3.8) is 0 Å². The highest BCUT2D eigenvalue weighted by atomic mass is 16.5. The summed E-state index contributed by atoms with van der Waals surface area (Å²) in [5.74, 6) is -0.706. The average molecular weight is 291 g/mol. The summed E-state index contributed by atoms with van der Waals surface area (Å²) in [7, 11) is 0. The molecule has 0 aliphatic carbocycles. The van der Waals surface area contributed by atoms with Crippen LogP contribution in [0.2, 0.25) is 0 Å². The number of hydrogen-bond donors (Lipinski definition) is 1. The average Bonchev–Trinajstić information content (AvgIpc) is 2.83. The Kier molecular flexibility index (Phi) is 5.37. The van der Waals surface area contributed by atoms with Crippen LogP contribution in [-0.2, 0) is 16.1 Å². The molecule has 0 amide bonds. The zero-order valence-electron chi connectivity index (χ0n) is 12.9. The number of benzene rings is 1. The van der Waals surface area contributed by atoms with Crippen molar-refractivity contribution in [3.05, 3.63) is 35.9 Å². The minimum absolute atomic E-state index is 0.274. The summed E-state index contributed by atoms with van der Waals surface area (Å²) in [6.45, 7) is 6.23. The molecule has 0 aromatic heterocycles. The molecule has 1 fully saturated rings. The zero-order chi connectivity index (χ0) is 15.3. The van der Waals surface area contributed by atoms with Gasteiger partial charge >= 0.3 is 5.97 Å². The first-order valence-electron chi connectivity index (χ1n) is 7.74. The van der Waals surface area contributed by atoms with E-state index in [4.69, 9.17) is 4.74 Å². The largest absolute Gasteiger partial charge is 0.466 e. The number of nitrogens with zero attached hydrogens (tertiary/aromatic N) is 1. The minimum atomic E-state index is -0.963. The van der Waals surface area contributed by atoms with Crippen molar-refractivity contribution in [3.8, 4) is 0 Å². The maximum Gasteiger partial charge on any atom is 0.311 e. The molecule has 21 heavy (non-hydrogen) atoms. The molecule has 1 heterocycles. The molecule has 1 saturated heterocycles. The summed E-state index contributed by atoms with van der Waals surface area (Å²) in [5, 5.41) is 10.9. The van der Waals surface area contributed by atoms with E-state index >= 15 is 0 Å². The predicted molar refractivity (Wildman–Crippen MR) is 81.7 cm³/mol. The van der Waals surface area contributed by atoms with E-state index in [0.717, 1.165) is 13.1 Å². The van der Waals surface area contributed by atoms with Gasteiger partial charge in [0.1, 0.15) is 0 Å². The molecule has 0 bridgehead atoms. The lowest BCUT2D eigenvalue weighted by Crippen LogP contribution is -2.45. The number of carbonyl (C=O) groups excluding carboxylic acids is 1. The predicted octanol–water partition coefficient (Wildman–Crippen LogP) is 2.21. The van der Waals surface area contributed by atoms with Gasteiger partial charge in [-0.3, -0.25) is 9.69 Å². The second-order valence-corrected chi connectivity index (χ2v) is 5.76. The van der Waals surface area contributed by atoms with E-state index in [-0.39, 0.29) is 5.97 Å². The van der Waals surface area contributed by atoms with E-state index in [1.54, 1.807) is 6.92 Å². The first kappa shape index (κ1) is 16.0. The van der Waals surface area contributed by atoms with Crippen LogP contribution in [0.25, 0.3) is 0 Å². The second kappa shape index (κ2) is 7.05. The molecule has 1 N–H and O–H groups in total. The monoisotopic (exact) mass is 291 g/mol. The Labute approximate surface area is 126 Å². The molecule has 2 unspecified atom stereocenters. The zero-order valence-corrected chi connectivity index (χ0v) is 12.9. The normalized spacial score (nSPS) is 24.0. The standard InChI is InChI=1S/C17H25NO3/c1-3-15(16(19)21-4-2)17(20)10-11-18(13-17)12-14-8-6-5-7-9-14/h5-9,15,20H,3-4,10-13H2,1-2H3. The number of likely N-dealkylation sites (tertiary alicyclic amines) is 1. The Bertz CT molecular complexity index is 462. The van der Waals surface area contributed by atoms with Crippen molar-refractivity contribution in [2.24, 2.45) is 5.92 Å². The molecule has 0 saturated carbocycles. The van der Waals surface area contributed by atoms with Gasteiger partial charge in [0.2, 0.25) is 0 Å². The third kappa shape index (κ3) is 3.83. The van der Waals surface area contributed by atoms with E-state index in [2.05, 4.69) is 17.0 Å². The van der Waals surface area contributed by atoms with E-state index in [1.807, 2.05) is 25.1 Å². The van der Waals surface area contributed by atoms with Crippen LogP contribution in [0.4, 0.5) is 0 Å². The number of carbonyl (C=O) groups is 1. The molecule has 2 atom stereocenters. The molecule has 1 aromatic rings. The van der Waals surface area contributed by atoms with E-state index in [0.29, 0.717) is 26.0 Å². The number of ether oxygens (including phenoxy) is 1. The first-order chi connectivity index (χ1) is 10.1. The van der Waals surface area contributed by atoms with Gasteiger partial charge in [0.15, 0.2) is 0 Å². The van der Waals surface area contributed by atoms with Crippen LogP contribution in [0, 0.1) is 5.92 Å². The summed E-state index contributed by atoms with van der Waals surface area (Å²) in [5.41, 5.74) is 0.265. The summed E-state index contributed by atoms with van der Waals surface area (Å²) >= 11 is 0. The van der Waals surface area contributed by atoms with Crippen molar-refractivity contribution < 1.29 is 14.6 Å². The Morgan fingerprint density at radius 1 is 1.38 bits per heavy atom. The third-order valence-corrected chi connectivity index (χ3v) is 4.24. The van der Waals surface area contributed by atoms with Gasteiger partial charge < -0.3 is 9.84 Å². The minimum Gasteiger partial charge on any atom is -0.466 e. The molecule has 116 valence electrons. The van der Waals surface area contributed by atoms with Crippen LogP contribution in [0.1, 0.15) is 32.3 Å². The molecule has 1 aliphatic heterocycles. The SMILES string of the molecule is CCOC(=O)C(CC)C1(O)CCN(Cc2ccccc2)C1.